The van der Waals surface area contributed by atoms with Crippen LogP contribution >= 0.6 is 27.3 Å². The van der Waals surface area contributed by atoms with E-state index in [1.807, 2.05) is 11.3 Å². The zero-order chi connectivity index (χ0) is 12.0. The molecule has 0 unspecified atom stereocenters. The van der Waals surface area contributed by atoms with Gasteiger partial charge in [0.15, 0.2) is 0 Å². The van der Waals surface area contributed by atoms with Gasteiger partial charge >= 0.3 is 0 Å². The second-order valence-electron chi connectivity index (χ2n) is 4.82. The Kier molecular flexibility index (Phi) is 5.97. The number of halogens is 1. The van der Waals surface area contributed by atoms with Gasteiger partial charge in [0.1, 0.15) is 0 Å². The van der Waals surface area contributed by atoms with Crippen molar-refractivity contribution in [3.8, 4) is 0 Å². The van der Waals surface area contributed by atoms with Gasteiger partial charge in [0.25, 0.3) is 0 Å². The highest BCUT2D eigenvalue weighted by atomic mass is 79.9. The summed E-state index contributed by atoms with van der Waals surface area (Å²) in [5.74, 6) is 0. The van der Waals surface area contributed by atoms with E-state index in [1.165, 1.54) is 8.66 Å². The summed E-state index contributed by atoms with van der Waals surface area (Å²) >= 11 is 5.29. The molecule has 0 saturated heterocycles. The molecule has 0 aromatic carbocycles. The first-order valence-electron chi connectivity index (χ1n) is 5.68. The van der Waals surface area contributed by atoms with Gasteiger partial charge in [0, 0.05) is 4.88 Å². The van der Waals surface area contributed by atoms with Crippen LogP contribution in [0.4, 0.5) is 0 Å². The van der Waals surface area contributed by atoms with E-state index in [-0.39, 0.29) is 5.41 Å². The SMILES string of the molecule is CC(C)(CN)CCNCCc1ccc(Br)s1. The highest BCUT2D eigenvalue weighted by Gasteiger charge is 2.14. The van der Waals surface area contributed by atoms with Crippen molar-refractivity contribution in [3.63, 3.8) is 0 Å². The lowest BCUT2D eigenvalue weighted by molar-refractivity contribution is 0.340. The zero-order valence-electron chi connectivity index (χ0n) is 10.1. The average molecular weight is 305 g/mol. The highest BCUT2D eigenvalue weighted by Crippen LogP contribution is 2.22. The van der Waals surface area contributed by atoms with Crippen LogP contribution in [0.1, 0.15) is 25.1 Å². The van der Waals surface area contributed by atoms with Crippen molar-refractivity contribution in [2.45, 2.75) is 26.7 Å². The minimum Gasteiger partial charge on any atom is -0.330 e. The fourth-order valence-electron chi connectivity index (χ4n) is 1.35. The number of rotatable bonds is 7. The lowest BCUT2D eigenvalue weighted by Gasteiger charge is -2.22. The first-order chi connectivity index (χ1) is 7.53. The van der Waals surface area contributed by atoms with Gasteiger partial charge in [-0.3, -0.25) is 0 Å². The maximum absolute atomic E-state index is 5.68. The summed E-state index contributed by atoms with van der Waals surface area (Å²) in [7, 11) is 0. The Labute approximate surface area is 111 Å². The summed E-state index contributed by atoms with van der Waals surface area (Å²) in [4.78, 5) is 1.43. The molecular weight excluding hydrogens is 284 g/mol. The summed E-state index contributed by atoms with van der Waals surface area (Å²) in [6, 6.07) is 4.29. The van der Waals surface area contributed by atoms with Gasteiger partial charge in [-0.2, -0.15) is 0 Å². The molecule has 0 spiro atoms. The topological polar surface area (TPSA) is 38.0 Å². The predicted molar refractivity (Wildman–Crippen MR) is 76.0 cm³/mol. The monoisotopic (exact) mass is 304 g/mol. The van der Waals surface area contributed by atoms with Gasteiger partial charge in [-0.25, -0.2) is 0 Å². The van der Waals surface area contributed by atoms with E-state index in [9.17, 15) is 0 Å². The molecule has 0 aliphatic rings. The Bertz CT molecular complexity index is 310. The third kappa shape index (κ3) is 5.43. The molecule has 0 atom stereocenters. The summed E-state index contributed by atoms with van der Waals surface area (Å²) in [5.41, 5.74) is 5.95. The van der Waals surface area contributed by atoms with Crippen molar-refractivity contribution in [3.05, 3.63) is 20.8 Å². The van der Waals surface area contributed by atoms with Crippen LogP contribution in [0.2, 0.25) is 0 Å². The highest BCUT2D eigenvalue weighted by molar-refractivity contribution is 9.11. The van der Waals surface area contributed by atoms with Crippen LogP contribution in [0.3, 0.4) is 0 Å². The van der Waals surface area contributed by atoms with Crippen molar-refractivity contribution in [2.24, 2.45) is 11.1 Å². The Morgan fingerprint density at radius 2 is 2.12 bits per heavy atom. The second kappa shape index (κ2) is 6.74. The van der Waals surface area contributed by atoms with E-state index in [1.54, 1.807) is 0 Å². The van der Waals surface area contributed by atoms with Crippen LogP contribution in [0.25, 0.3) is 0 Å². The standard InChI is InChI=1S/C12H21BrN2S/c1-12(2,9-14)6-8-15-7-5-10-3-4-11(13)16-10/h3-4,15H,5-9,14H2,1-2H3. The molecule has 0 saturated carbocycles. The van der Waals surface area contributed by atoms with Crippen molar-refractivity contribution in [2.75, 3.05) is 19.6 Å². The van der Waals surface area contributed by atoms with E-state index in [0.29, 0.717) is 0 Å². The maximum Gasteiger partial charge on any atom is 0.0701 e. The van der Waals surface area contributed by atoms with Crippen LogP contribution in [-0.2, 0) is 6.42 Å². The lowest BCUT2D eigenvalue weighted by Crippen LogP contribution is -2.29. The molecule has 0 bridgehead atoms. The van der Waals surface area contributed by atoms with Gasteiger partial charge in [-0.05, 0) is 66.0 Å². The van der Waals surface area contributed by atoms with Gasteiger partial charge < -0.3 is 11.1 Å². The number of thiophene rings is 1. The van der Waals surface area contributed by atoms with E-state index in [2.05, 4.69) is 47.2 Å². The molecule has 16 heavy (non-hydrogen) atoms. The predicted octanol–water partition coefficient (Wildman–Crippen LogP) is 3.02. The molecule has 92 valence electrons. The van der Waals surface area contributed by atoms with Crippen LogP contribution in [0, 0.1) is 5.41 Å². The Balaban J connectivity index is 2.08. The van der Waals surface area contributed by atoms with Gasteiger partial charge in [-0.1, -0.05) is 13.8 Å². The van der Waals surface area contributed by atoms with Crippen molar-refractivity contribution in [1.29, 1.82) is 0 Å². The van der Waals surface area contributed by atoms with E-state index in [0.717, 1.165) is 32.5 Å². The molecule has 0 aliphatic heterocycles. The Hall–Kier alpha value is 0.1000. The lowest BCUT2D eigenvalue weighted by atomic mass is 9.90. The number of hydrogen-bond donors (Lipinski definition) is 2. The third-order valence-corrected chi connectivity index (χ3v) is 4.39. The molecule has 0 amide bonds. The van der Waals surface area contributed by atoms with E-state index >= 15 is 0 Å². The first-order valence-corrected chi connectivity index (χ1v) is 7.29. The fourth-order valence-corrected chi connectivity index (χ4v) is 2.83. The quantitative estimate of drug-likeness (QED) is 0.760. The summed E-state index contributed by atoms with van der Waals surface area (Å²) in [6.07, 6.45) is 2.25. The summed E-state index contributed by atoms with van der Waals surface area (Å²) < 4.78 is 1.21. The molecule has 0 fully saturated rings. The van der Waals surface area contributed by atoms with Gasteiger partial charge in [0.2, 0.25) is 0 Å². The van der Waals surface area contributed by atoms with E-state index < -0.39 is 0 Å². The van der Waals surface area contributed by atoms with Crippen molar-refractivity contribution < 1.29 is 0 Å². The Morgan fingerprint density at radius 1 is 1.38 bits per heavy atom. The van der Waals surface area contributed by atoms with Crippen LogP contribution in [-0.4, -0.2) is 19.6 Å². The zero-order valence-corrected chi connectivity index (χ0v) is 12.5. The van der Waals surface area contributed by atoms with Crippen LogP contribution in [0.15, 0.2) is 15.9 Å². The normalized spacial score (nSPS) is 12.0. The minimum absolute atomic E-state index is 0.263. The van der Waals surface area contributed by atoms with Gasteiger partial charge in [-0.15, -0.1) is 11.3 Å². The molecule has 1 heterocycles. The maximum atomic E-state index is 5.68. The molecule has 3 N–H and O–H groups in total. The molecule has 0 radical (unpaired) electrons. The molecule has 1 aromatic rings. The average Bonchev–Trinajstić information content (AvgIpc) is 2.64. The summed E-state index contributed by atoms with van der Waals surface area (Å²) in [5, 5.41) is 3.47. The molecule has 1 aromatic heterocycles. The number of nitrogens with one attached hydrogen (secondary N) is 1. The minimum atomic E-state index is 0.263. The molecule has 1 rings (SSSR count). The number of nitrogens with two attached hydrogens (primary N) is 1. The molecule has 2 nitrogen and oxygen atoms in total. The third-order valence-electron chi connectivity index (χ3n) is 2.71. The molecule has 0 aliphatic carbocycles. The van der Waals surface area contributed by atoms with Gasteiger partial charge in [0.05, 0.1) is 3.79 Å². The van der Waals surface area contributed by atoms with Crippen molar-refractivity contribution >= 4 is 27.3 Å². The molecule has 4 heteroatoms. The van der Waals surface area contributed by atoms with Crippen molar-refractivity contribution in [1.82, 2.24) is 5.32 Å². The fraction of sp³-hybridized carbons (Fsp3) is 0.667. The van der Waals surface area contributed by atoms with Crippen LogP contribution in [0.5, 0.6) is 0 Å². The number of hydrogen-bond acceptors (Lipinski definition) is 3. The smallest absolute Gasteiger partial charge is 0.0701 e. The largest absolute Gasteiger partial charge is 0.330 e. The summed E-state index contributed by atoms with van der Waals surface area (Å²) in [6.45, 7) is 7.28. The Morgan fingerprint density at radius 3 is 2.69 bits per heavy atom. The molecular formula is C12H21BrN2S. The first kappa shape index (κ1) is 14.2. The van der Waals surface area contributed by atoms with E-state index in [4.69, 9.17) is 5.73 Å². The van der Waals surface area contributed by atoms with Crippen LogP contribution < -0.4 is 11.1 Å². The second-order valence-corrected chi connectivity index (χ2v) is 7.37.